The molecule has 4 fully saturated rings. The number of fused-ring (bicyclic) bond motifs is 5. The fourth-order valence-corrected chi connectivity index (χ4v) is 8.10. The lowest BCUT2D eigenvalue weighted by Crippen LogP contribution is -2.50. The summed E-state index contributed by atoms with van der Waals surface area (Å²) in [6.45, 7) is 2.55. The molecule has 4 rings (SSSR count). The average molecular weight is 410 g/mol. The van der Waals surface area contributed by atoms with Crippen LogP contribution >= 0.6 is 0 Å². The summed E-state index contributed by atoms with van der Waals surface area (Å²) < 4.78 is 26.5. The second kappa shape index (κ2) is 8.16. The van der Waals surface area contributed by atoms with Gasteiger partial charge in [0.2, 0.25) is 6.43 Å². The molecular formula is C23H37F2N3O. The number of hydrazine groups is 1. The van der Waals surface area contributed by atoms with Crippen molar-refractivity contribution in [2.75, 3.05) is 6.54 Å². The maximum absolute atomic E-state index is 13.2. The fourth-order valence-electron chi connectivity index (χ4n) is 8.10. The molecule has 8 unspecified atom stereocenters. The molecule has 4 nitrogen and oxygen atoms in total. The standard InChI is InChI=1S/C23H37F2N3O/c1-23-9-8-17-16-4-3-15(22(24)25)12-14(16)2-5-18(17)19(23)6-7-20(23)21(29)13-28(27)11-10-26/h10-11,14-20,22H,2-9,12-13,26-27H2,1H3/b11-10-. The van der Waals surface area contributed by atoms with Gasteiger partial charge in [-0.2, -0.15) is 0 Å². The first-order valence-corrected chi connectivity index (χ1v) is 11.6. The molecular weight excluding hydrogens is 372 g/mol. The zero-order valence-corrected chi connectivity index (χ0v) is 17.6. The highest BCUT2D eigenvalue weighted by Gasteiger charge is 2.58. The van der Waals surface area contributed by atoms with E-state index < -0.39 is 6.43 Å². The highest BCUT2D eigenvalue weighted by Crippen LogP contribution is 2.64. The van der Waals surface area contributed by atoms with Crippen molar-refractivity contribution in [1.82, 2.24) is 5.01 Å². The molecule has 0 spiro atoms. The Labute approximate surface area is 173 Å². The van der Waals surface area contributed by atoms with Crippen molar-refractivity contribution in [2.45, 2.75) is 71.1 Å². The summed E-state index contributed by atoms with van der Waals surface area (Å²) in [5, 5.41) is 1.39. The maximum Gasteiger partial charge on any atom is 0.241 e. The topological polar surface area (TPSA) is 72.3 Å². The minimum absolute atomic E-state index is 0.0680. The number of halogens is 2. The van der Waals surface area contributed by atoms with E-state index in [-0.39, 0.29) is 29.6 Å². The molecule has 29 heavy (non-hydrogen) atoms. The third-order valence-corrected chi connectivity index (χ3v) is 9.36. The van der Waals surface area contributed by atoms with Crippen LogP contribution in [0.3, 0.4) is 0 Å². The number of hydrogen-bond donors (Lipinski definition) is 2. The Morgan fingerprint density at radius 2 is 1.86 bits per heavy atom. The Morgan fingerprint density at radius 1 is 1.10 bits per heavy atom. The van der Waals surface area contributed by atoms with Gasteiger partial charge in [0.15, 0.2) is 5.78 Å². The van der Waals surface area contributed by atoms with E-state index in [4.69, 9.17) is 11.6 Å². The number of hydrogen-bond acceptors (Lipinski definition) is 4. The SMILES string of the molecule is CC12CCC3C4CCC(C(F)F)CC4CCC3C1CCC2C(=O)CN(N)/C=C\N. The fraction of sp³-hybridized carbons (Fsp3) is 0.870. The third kappa shape index (κ3) is 3.70. The molecule has 0 saturated heterocycles. The lowest BCUT2D eigenvalue weighted by Gasteiger charge is -2.56. The van der Waals surface area contributed by atoms with Crippen LogP contribution in [0.15, 0.2) is 12.4 Å². The Morgan fingerprint density at radius 3 is 2.59 bits per heavy atom. The molecule has 4 saturated carbocycles. The van der Waals surface area contributed by atoms with E-state index >= 15 is 0 Å². The average Bonchev–Trinajstić information content (AvgIpc) is 3.04. The summed E-state index contributed by atoms with van der Waals surface area (Å²) in [5.74, 6) is 8.90. The van der Waals surface area contributed by atoms with Gasteiger partial charge in [0, 0.05) is 24.2 Å². The zero-order chi connectivity index (χ0) is 20.8. The molecule has 0 aromatic heterocycles. The summed E-state index contributed by atoms with van der Waals surface area (Å²) in [6, 6.07) is 0. The molecule has 164 valence electrons. The molecule has 0 aromatic carbocycles. The van der Waals surface area contributed by atoms with E-state index in [1.165, 1.54) is 17.6 Å². The number of nitrogens with zero attached hydrogens (tertiary/aromatic N) is 1. The van der Waals surface area contributed by atoms with Crippen LogP contribution in [0.25, 0.3) is 0 Å². The van der Waals surface area contributed by atoms with Gasteiger partial charge in [0.1, 0.15) is 0 Å². The van der Waals surface area contributed by atoms with Gasteiger partial charge in [-0.3, -0.25) is 4.79 Å². The molecule has 4 N–H and O–H groups in total. The van der Waals surface area contributed by atoms with E-state index in [9.17, 15) is 13.6 Å². The Bertz CT molecular complexity index is 642. The third-order valence-electron chi connectivity index (χ3n) is 9.36. The van der Waals surface area contributed by atoms with Crippen molar-refractivity contribution in [3.05, 3.63) is 12.4 Å². The second-order valence-electron chi connectivity index (χ2n) is 10.5. The van der Waals surface area contributed by atoms with Crippen LogP contribution in [0.1, 0.15) is 64.7 Å². The van der Waals surface area contributed by atoms with Gasteiger partial charge in [-0.05, 0) is 92.8 Å². The van der Waals surface area contributed by atoms with E-state index in [0.717, 1.165) is 44.9 Å². The number of alkyl halides is 2. The van der Waals surface area contributed by atoms with Gasteiger partial charge in [-0.25, -0.2) is 14.6 Å². The van der Waals surface area contributed by atoms with Crippen molar-refractivity contribution < 1.29 is 13.6 Å². The highest BCUT2D eigenvalue weighted by molar-refractivity contribution is 5.84. The first kappa shape index (κ1) is 21.1. The lowest BCUT2D eigenvalue weighted by molar-refractivity contribution is -0.131. The largest absolute Gasteiger partial charge is 0.403 e. The van der Waals surface area contributed by atoms with Gasteiger partial charge in [-0.1, -0.05) is 6.92 Å². The predicted octanol–water partition coefficient (Wildman–Crippen LogP) is 4.31. The molecule has 4 aliphatic carbocycles. The molecule has 0 amide bonds. The normalized spacial score (nSPS) is 44.4. The molecule has 0 aromatic rings. The maximum atomic E-state index is 13.2. The minimum atomic E-state index is -2.15. The van der Waals surface area contributed by atoms with Crippen molar-refractivity contribution in [2.24, 2.45) is 58.4 Å². The number of carbonyl (C=O) groups is 1. The van der Waals surface area contributed by atoms with E-state index in [0.29, 0.717) is 36.0 Å². The van der Waals surface area contributed by atoms with Gasteiger partial charge in [0.25, 0.3) is 0 Å². The van der Waals surface area contributed by atoms with Crippen LogP contribution < -0.4 is 11.6 Å². The summed E-state index contributed by atoms with van der Waals surface area (Å²) in [6.07, 6.45) is 9.79. The molecule has 0 radical (unpaired) electrons. The Balaban J connectivity index is 1.45. The number of nitrogens with two attached hydrogens (primary N) is 2. The van der Waals surface area contributed by atoms with Gasteiger partial charge in [-0.15, -0.1) is 0 Å². The summed E-state index contributed by atoms with van der Waals surface area (Å²) in [5.41, 5.74) is 5.46. The molecule has 8 atom stereocenters. The van der Waals surface area contributed by atoms with Crippen LogP contribution in [-0.2, 0) is 4.79 Å². The van der Waals surface area contributed by atoms with E-state index in [1.54, 1.807) is 6.20 Å². The second-order valence-corrected chi connectivity index (χ2v) is 10.5. The first-order chi connectivity index (χ1) is 13.8. The monoisotopic (exact) mass is 409 g/mol. The smallest absolute Gasteiger partial charge is 0.241 e. The highest BCUT2D eigenvalue weighted by atomic mass is 19.3. The molecule has 0 aliphatic heterocycles. The molecule has 4 aliphatic rings. The predicted molar refractivity (Wildman–Crippen MR) is 109 cm³/mol. The van der Waals surface area contributed by atoms with Crippen LogP contribution in [0.5, 0.6) is 0 Å². The Kier molecular flexibility index (Phi) is 5.93. The summed E-state index contributed by atoms with van der Waals surface area (Å²) >= 11 is 0. The van der Waals surface area contributed by atoms with Crippen LogP contribution in [-0.4, -0.2) is 23.8 Å². The van der Waals surface area contributed by atoms with Gasteiger partial charge >= 0.3 is 0 Å². The zero-order valence-electron chi connectivity index (χ0n) is 17.6. The van der Waals surface area contributed by atoms with Crippen LogP contribution in [0.2, 0.25) is 0 Å². The number of rotatable bonds is 5. The molecule has 0 bridgehead atoms. The quantitative estimate of drug-likeness (QED) is 0.524. The minimum Gasteiger partial charge on any atom is -0.403 e. The summed E-state index contributed by atoms with van der Waals surface area (Å²) in [7, 11) is 0. The van der Waals surface area contributed by atoms with Crippen molar-refractivity contribution in [3.8, 4) is 0 Å². The number of ketones is 1. The van der Waals surface area contributed by atoms with E-state index in [1.807, 2.05) is 0 Å². The van der Waals surface area contributed by atoms with E-state index in [2.05, 4.69) is 6.92 Å². The van der Waals surface area contributed by atoms with Gasteiger partial charge < -0.3 is 10.7 Å². The van der Waals surface area contributed by atoms with Gasteiger partial charge in [0.05, 0.1) is 6.54 Å². The number of Topliss-reactive ketones (excluding diaryl/α,β-unsaturated/α-hetero) is 1. The van der Waals surface area contributed by atoms with Crippen molar-refractivity contribution in [1.29, 1.82) is 0 Å². The first-order valence-electron chi connectivity index (χ1n) is 11.6. The summed E-state index contributed by atoms with van der Waals surface area (Å²) in [4.78, 5) is 13.0. The lowest BCUT2D eigenvalue weighted by atomic mass is 9.49. The molecule has 0 heterocycles. The van der Waals surface area contributed by atoms with Crippen molar-refractivity contribution in [3.63, 3.8) is 0 Å². The molecule has 6 heteroatoms. The van der Waals surface area contributed by atoms with Crippen molar-refractivity contribution >= 4 is 5.78 Å². The Hall–Kier alpha value is -1.17. The number of carbonyl (C=O) groups excluding carboxylic acids is 1. The van der Waals surface area contributed by atoms with Crippen LogP contribution in [0.4, 0.5) is 8.78 Å². The van der Waals surface area contributed by atoms with Crippen LogP contribution in [0, 0.1) is 46.8 Å².